The van der Waals surface area contributed by atoms with Gasteiger partial charge in [-0.3, -0.25) is 14.9 Å². The van der Waals surface area contributed by atoms with E-state index in [2.05, 4.69) is 5.32 Å². The number of rotatable bonds is 6. The molecule has 2 aromatic carbocycles. The number of hydrogen-bond acceptors (Lipinski definition) is 5. The maximum Gasteiger partial charge on any atom is 0.288 e. The molecule has 0 radical (unpaired) electrons. The molecule has 0 aliphatic rings. The molecule has 2 aromatic rings. The zero-order valence-corrected chi connectivity index (χ0v) is 14.2. The Bertz CT molecular complexity index is 836. The van der Waals surface area contributed by atoms with E-state index in [0.717, 1.165) is 0 Å². The molecule has 7 nitrogen and oxygen atoms in total. The monoisotopic (exact) mass is 362 g/mol. The van der Waals surface area contributed by atoms with E-state index in [4.69, 9.17) is 21.1 Å². The normalized spacial score (nSPS) is 10.5. The number of nitrogens with zero attached hydrogens (tertiary/aromatic N) is 1. The first-order valence-electron chi connectivity index (χ1n) is 7.09. The van der Waals surface area contributed by atoms with Gasteiger partial charge in [-0.1, -0.05) is 17.7 Å². The van der Waals surface area contributed by atoms with Crippen LogP contribution in [-0.2, 0) is 4.79 Å². The van der Waals surface area contributed by atoms with Crippen molar-refractivity contribution in [2.75, 3.05) is 19.5 Å². The fraction of sp³-hybridized carbons (Fsp3) is 0.118. The molecular formula is C17H15ClN2O5. The molecule has 0 aliphatic carbocycles. The third kappa shape index (κ3) is 4.71. The fourth-order valence-electron chi connectivity index (χ4n) is 2.03. The van der Waals surface area contributed by atoms with Crippen molar-refractivity contribution in [3.05, 3.63) is 63.2 Å². The van der Waals surface area contributed by atoms with Crippen molar-refractivity contribution in [3.63, 3.8) is 0 Å². The number of benzene rings is 2. The van der Waals surface area contributed by atoms with Crippen molar-refractivity contribution in [2.45, 2.75) is 0 Å². The van der Waals surface area contributed by atoms with Gasteiger partial charge in [0.05, 0.1) is 24.8 Å². The maximum atomic E-state index is 12.1. The summed E-state index contributed by atoms with van der Waals surface area (Å²) < 4.78 is 10.3. The predicted molar refractivity (Wildman–Crippen MR) is 95.3 cm³/mol. The van der Waals surface area contributed by atoms with Gasteiger partial charge in [0.2, 0.25) is 5.91 Å². The number of nitrogens with one attached hydrogen (secondary N) is 1. The third-order valence-electron chi connectivity index (χ3n) is 3.26. The summed E-state index contributed by atoms with van der Waals surface area (Å²) >= 11 is 5.75. The molecule has 1 N–H and O–H groups in total. The van der Waals surface area contributed by atoms with E-state index in [1.807, 2.05) is 0 Å². The first-order valence-corrected chi connectivity index (χ1v) is 7.47. The zero-order valence-electron chi connectivity index (χ0n) is 13.5. The Balaban J connectivity index is 2.16. The van der Waals surface area contributed by atoms with Crippen LogP contribution in [0.5, 0.6) is 11.5 Å². The SMILES string of the molecule is COc1ccc(OC)c(NC(=O)C=Cc2ccc(Cl)c([N+](=O)[O-])c2)c1. The largest absolute Gasteiger partial charge is 0.497 e. The Kier molecular flexibility index (Phi) is 5.97. The molecule has 0 aromatic heterocycles. The molecule has 0 aliphatic heterocycles. The Morgan fingerprint density at radius 2 is 1.96 bits per heavy atom. The summed E-state index contributed by atoms with van der Waals surface area (Å²) in [5.41, 5.74) is 0.695. The zero-order chi connectivity index (χ0) is 18.4. The quantitative estimate of drug-likeness (QED) is 0.478. The maximum absolute atomic E-state index is 12.1. The fourth-order valence-corrected chi connectivity index (χ4v) is 2.22. The number of amides is 1. The number of ether oxygens (including phenoxy) is 2. The lowest BCUT2D eigenvalue weighted by Gasteiger charge is -2.10. The number of carbonyl (C=O) groups excluding carboxylic acids is 1. The second kappa shape index (κ2) is 8.16. The van der Waals surface area contributed by atoms with Crippen LogP contribution in [0.2, 0.25) is 5.02 Å². The topological polar surface area (TPSA) is 90.7 Å². The summed E-state index contributed by atoms with van der Waals surface area (Å²) in [6.07, 6.45) is 2.71. The lowest BCUT2D eigenvalue weighted by Crippen LogP contribution is -2.09. The van der Waals surface area contributed by atoms with Crippen molar-refractivity contribution in [2.24, 2.45) is 0 Å². The van der Waals surface area contributed by atoms with Gasteiger partial charge in [0, 0.05) is 18.2 Å². The molecular weight excluding hydrogens is 348 g/mol. The van der Waals surface area contributed by atoms with Gasteiger partial charge in [-0.15, -0.1) is 0 Å². The smallest absolute Gasteiger partial charge is 0.288 e. The summed E-state index contributed by atoms with van der Waals surface area (Å²) in [6, 6.07) is 9.27. The van der Waals surface area contributed by atoms with Gasteiger partial charge in [0.1, 0.15) is 16.5 Å². The van der Waals surface area contributed by atoms with Crippen LogP contribution in [0.1, 0.15) is 5.56 Å². The van der Waals surface area contributed by atoms with Crippen LogP contribution in [0.25, 0.3) is 6.08 Å². The van der Waals surface area contributed by atoms with Crippen LogP contribution in [0, 0.1) is 10.1 Å². The molecule has 1 amide bonds. The molecule has 0 spiro atoms. The number of nitro groups is 1. The molecule has 2 rings (SSSR count). The lowest BCUT2D eigenvalue weighted by molar-refractivity contribution is -0.384. The van der Waals surface area contributed by atoms with Gasteiger partial charge >= 0.3 is 0 Å². The van der Waals surface area contributed by atoms with E-state index < -0.39 is 10.8 Å². The number of halogens is 1. The molecule has 130 valence electrons. The van der Waals surface area contributed by atoms with Crippen LogP contribution in [0.4, 0.5) is 11.4 Å². The molecule has 0 fully saturated rings. The Morgan fingerprint density at radius 1 is 1.20 bits per heavy atom. The lowest BCUT2D eigenvalue weighted by atomic mass is 10.2. The second-order valence-corrected chi connectivity index (χ2v) is 5.26. The molecule has 0 saturated heterocycles. The van der Waals surface area contributed by atoms with Gasteiger partial charge in [-0.2, -0.15) is 0 Å². The second-order valence-electron chi connectivity index (χ2n) is 4.86. The average Bonchev–Trinajstić information content (AvgIpc) is 2.60. The Labute approximate surface area is 149 Å². The highest BCUT2D eigenvalue weighted by Gasteiger charge is 2.12. The first kappa shape index (κ1) is 18.3. The number of anilines is 1. The molecule has 8 heteroatoms. The van der Waals surface area contributed by atoms with Gasteiger partial charge < -0.3 is 14.8 Å². The van der Waals surface area contributed by atoms with E-state index in [0.29, 0.717) is 22.7 Å². The molecule has 0 unspecified atom stereocenters. The Hall–Kier alpha value is -3.06. The van der Waals surface area contributed by atoms with Crippen LogP contribution >= 0.6 is 11.6 Å². The van der Waals surface area contributed by atoms with Crippen LogP contribution < -0.4 is 14.8 Å². The standard InChI is InChI=1S/C17H15ClN2O5/c1-24-12-5-7-16(25-2)14(10-12)19-17(21)8-4-11-3-6-13(18)15(9-11)20(22)23/h3-10H,1-2H3,(H,19,21). The van der Waals surface area contributed by atoms with E-state index in [1.54, 1.807) is 24.3 Å². The average molecular weight is 363 g/mol. The van der Waals surface area contributed by atoms with E-state index in [1.165, 1.54) is 38.5 Å². The summed E-state index contributed by atoms with van der Waals surface area (Å²) in [7, 11) is 3.00. The third-order valence-corrected chi connectivity index (χ3v) is 3.58. The van der Waals surface area contributed by atoms with Crippen LogP contribution in [0.3, 0.4) is 0 Å². The number of hydrogen-bond donors (Lipinski definition) is 1. The van der Waals surface area contributed by atoms with E-state index in [9.17, 15) is 14.9 Å². The van der Waals surface area contributed by atoms with Crippen molar-refractivity contribution in [3.8, 4) is 11.5 Å². The van der Waals surface area contributed by atoms with Crippen molar-refractivity contribution < 1.29 is 19.2 Å². The van der Waals surface area contributed by atoms with Crippen molar-refractivity contribution >= 4 is 35.0 Å². The predicted octanol–water partition coefficient (Wildman–Crippen LogP) is 3.92. The molecule has 0 heterocycles. The summed E-state index contributed by atoms with van der Waals surface area (Å²) in [4.78, 5) is 22.4. The summed E-state index contributed by atoms with van der Waals surface area (Å²) in [5, 5.41) is 13.6. The number of nitro benzene ring substituents is 1. The highest BCUT2D eigenvalue weighted by atomic mass is 35.5. The van der Waals surface area contributed by atoms with Crippen molar-refractivity contribution in [1.82, 2.24) is 0 Å². The minimum Gasteiger partial charge on any atom is -0.497 e. The van der Waals surface area contributed by atoms with Crippen LogP contribution in [0.15, 0.2) is 42.5 Å². The summed E-state index contributed by atoms with van der Waals surface area (Å²) in [5.74, 6) is 0.613. The van der Waals surface area contributed by atoms with Gasteiger partial charge in [-0.25, -0.2) is 0 Å². The van der Waals surface area contributed by atoms with Crippen molar-refractivity contribution in [1.29, 1.82) is 0 Å². The highest BCUT2D eigenvalue weighted by Crippen LogP contribution is 2.29. The molecule has 0 atom stereocenters. The minimum atomic E-state index is -0.582. The van der Waals surface area contributed by atoms with Crippen LogP contribution in [-0.4, -0.2) is 25.1 Å². The van der Waals surface area contributed by atoms with Gasteiger partial charge in [0.25, 0.3) is 5.69 Å². The number of carbonyl (C=O) groups is 1. The Morgan fingerprint density at radius 3 is 2.60 bits per heavy atom. The minimum absolute atomic E-state index is 0.0349. The molecule has 25 heavy (non-hydrogen) atoms. The highest BCUT2D eigenvalue weighted by molar-refractivity contribution is 6.32. The molecule has 0 bridgehead atoms. The number of methoxy groups -OCH3 is 2. The van der Waals surface area contributed by atoms with E-state index in [-0.39, 0.29) is 10.7 Å². The van der Waals surface area contributed by atoms with Gasteiger partial charge in [0.15, 0.2) is 0 Å². The van der Waals surface area contributed by atoms with Gasteiger partial charge in [-0.05, 0) is 29.8 Å². The molecule has 0 saturated carbocycles. The first-order chi connectivity index (χ1) is 11.9. The van der Waals surface area contributed by atoms with E-state index >= 15 is 0 Å². The summed E-state index contributed by atoms with van der Waals surface area (Å²) in [6.45, 7) is 0.